The first-order valence-corrected chi connectivity index (χ1v) is 8.28. The van der Waals surface area contributed by atoms with E-state index in [0.717, 1.165) is 43.3 Å². The van der Waals surface area contributed by atoms with Crippen LogP contribution in [0.4, 0.5) is 5.82 Å². The molecular weight excluding hydrogens is 286 g/mol. The SMILES string of the molecule is Cc1cc(N(C)C2CCN(CCc3cccc(C)n3)C2)ncn1. The van der Waals surface area contributed by atoms with E-state index in [1.54, 1.807) is 6.33 Å². The summed E-state index contributed by atoms with van der Waals surface area (Å²) in [6.45, 7) is 7.36. The average Bonchev–Trinajstić information content (AvgIpc) is 3.01. The number of likely N-dealkylation sites (tertiary alicyclic amines) is 1. The predicted molar refractivity (Wildman–Crippen MR) is 92.7 cm³/mol. The molecule has 0 aliphatic carbocycles. The van der Waals surface area contributed by atoms with E-state index in [0.29, 0.717) is 6.04 Å². The highest BCUT2D eigenvalue weighted by molar-refractivity contribution is 5.39. The van der Waals surface area contributed by atoms with Crippen molar-refractivity contribution in [2.75, 3.05) is 31.6 Å². The zero-order valence-electron chi connectivity index (χ0n) is 14.2. The quantitative estimate of drug-likeness (QED) is 0.847. The number of aryl methyl sites for hydroxylation is 2. The molecule has 2 aromatic heterocycles. The molecule has 0 aromatic carbocycles. The molecule has 0 spiro atoms. The number of aromatic nitrogens is 3. The second-order valence-electron chi connectivity index (χ2n) is 6.39. The van der Waals surface area contributed by atoms with Gasteiger partial charge in [0.2, 0.25) is 0 Å². The third-order valence-corrected chi connectivity index (χ3v) is 4.58. The molecule has 0 radical (unpaired) electrons. The fourth-order valence-corrected chi connectivity index (χ4v) is 3.16. The average molecular weight is 311 g/mol. The van der Waals surface area contributed by atoms with Gasteiger partial charge in [0.15, 0.2) is 0 Å². The van der Waals surface area contributed by atoms with Crippen LogP contribution >= 0.6 is 0 Å². The van der Waals surface area contributed by atoms with Gasteiger partial charge in [-0.1, -0.05) is 6.07 Å². The van der Waals surface area contributed by atoms with Crippen LogP contribution in [0.25, 0.3) is 0 Å². The molecule has 0 saturated carbocycles. The Labute approximate surface area is 138 Å². The van der Waals surface area contributed by atoms with Crippen molar-refractivity contribution in [1.82, 2.24) is 19.9 Å². The Morgan fingerprint density at radius 2 is 2.09 bits per heavy atom. The Hall–Kier alpha value is -2.01. The first kappa shape index (κ1) is 15.9. The molecule has 0 amide bonds. The van der Waals surface area contributed by atoms with Crippen LogP contribution in [0.5, 0.6) is 0 Å². The summed E-state index contributed by atoms with van der Waals surface area (Å²) in [5.41, 5.74) is 3.30. The maximum absolute atomic E-state index is 4.59. The van der Waals surface area contributed by atoms with Crippen LogP contribution in [0.15, 0.2) is 30.6 Å². The third kappa shape index (κ3) is 4.05. The summed E-state index contributed by atoms with van der Waals surface area (Å²) in [5.74, 6) is 1.02. The molecule has 122 valence electrons. The summed E-state index contributed by atoms with van der Waals surface area (Å²) in [4.78, 5) is 18.0. The number of likely N-dealkylation sites (N-methyl/N-ethyl adjacent to an activating group) is 1. The normalized spacial score (nSPS) is 18.3. The highest BCUT2D eigenvalue weighted by Crippen LogP contribution is 2.20. The van der Waals surface area contributed by atoms with E-state index in [9.17, 15) is 0 Å². The summed E-state index contributed by atoms with van der Waals surface area (Å²) in [6.07, 6.45) is 3.85. The van der Waals surface area contributed by atoms with Crippen molar-refractivity contribution in [3.8, 4) is 0 Å². The van der Waals surface area contributed by atoms with Crippen LogP contribution < -0.4 is 4.90 Å². The number of hydrogen-bond acceptors (Lipinski definition) is 5. The summed E-state index contributed by atoms with van der Waals surface area (Å²) in [6, 6.07) is 8.84. The zero-order valence-corrected chi connectivity index (χ0v) is 14.2. The second-order valence-corrected chi connectivity index (χ2v) is 6.39. The van der Waals surface area contributed by atoms with E-state index >= 15 is 0 Å². The van der Waals surface area contributed by atoms with Crippen LogP contribution in [0, 0.1) is 13.8 Å². The number of anilines is 1. The van der Waals surface area contributed by atoms with Gasteiger partial charge in [-0.2, -0.15) is 0 Å². The first-order chi connectivity index (χ1) is 11.1. The van der Waals surface area contributed by atoms with Gasteiger partial charge in [0.05, 0.1) is 0 Å². The van der Waals surface area contributed by atoms with Crippen molar-refractivity contribution < 1.29 is 0 Å². The summed E-state index contributed by atoms with van der Waals surface area (Å²) in [7, 11) is 2.14. The van der Waals surface area contributed by atoms with Crippen LogP contribution in [-0.2, 0) is 6.42 Å². The van der Waals surface area contributed by atoms with Gasteiger partial charge in [-0.25, -0.2) is 9.97 Å². The van der Waals surface area contributed by atoms with Crippen LogP contribution in [-0.4, -0.2) is 52.6 Å². The minimum atomic E-state index is 0.523. The summed E-state index contributed by atoms with van der Waals surface area (Å²) >= 11 is 0. The molecule has 2 aromatic rings. The predicted octanol–water partition coefficient (Wildman–Crippen LogP) is 2.24. The van der Waals surface area contributed by atoms with Crippen molar-refractivity contribution in [2.45, 2.75) is 32.7 Å². The molecule has 1 atom stereocenters. The minimum absolute atomic E-state index is 0.523. The maximum atomic E-state index is 4.59. The van der Waals surface area contributed by atoms with Crippen molar-refractivity contribution in [2.24, 2.45) is 0 Å². The molecule has 3 heterocycles. The summed E-state index contributed by atoms with van der Waals surface area (Å²) < 4.78 is 0. The van der Waals surface area contributed by atoms with Gasteiger partial charge in [0, 0.05) is 62.3 Å². The van der Waals surface area contributed by atoms with Gasteiger partial charge in [-0.15, -0.1) is 0 Å². The molecule has 0 N–H and O–H groups in total. The van der Waals surface area contributed by atoms with E-state index < -0.39 is 0 Å². The third-order valence-electron chi connectivity index (χ3n) is 4.58. The Bertz CT molecular complexity index is 657. The van der Waals surface area contributed by atoms with Crippen molar-refractivity contribution >= 4 is 5.82 Å². The molecule has 1 aliphatic rings. The van der Waals surface area contributed by atoms with Gasteiger partial charge in [-0.05, 0) is 32.4 Å². The van der Waals surface area contributed by atoms with Gasteiger partial charge in [-0.3, -0.25) is 4.98 Å². The molecule has 1 fully saturated rings. The maximum Gasteiger partial charge on any atom is 0.132 e. The lowest BCUT2D eigenvalue weighted by atomic mass is 10.2. The lowest BCUT2D eigenvalue weighted by molar-refractivity contribution is 0.336. The minimum Gasteiger partial charge on any atom is -0.355 e. The van der Waals surface area contributed by atoms with Gasteiger partial charge >= 0.3 is 0 Å². The topological polar surface area (TPSA) is 45.2 Å². The zero-order chi connectivity index (χ0) is 16.2. The van der Waals surface area contributed by atoms with E-state index in [1.807, 2.05) is 19.9 Å². The molecular formula is C18H25N5. The lowest BCUT2D eigenvalue weighted by Crippen LogP contribution is -2.35. The number of nitrogens with zero attached hydrogens (tertiary/aromatic N) is 5. The van der Waals surface area contributed by atoms with E-state index in [1.165, 1.54) is 12.1 Å². The molecule has 5 nitrogen and oxygen atoms in total. The molecule has 3 rings (SSSR count). The van der Waals surface area contributed by atoms with E-state index in [4.69, 9.17) is 0 Å². The summed E-state index contributed by atoms with van der Waals surface area (Å²) in [5, 5.41) is 0. The Balaban J connectivity index is 1.54. The standard InChI is InChI=1S/C18H25N5/c1-14-5-4-6-16(21-14)7-9-23-10-8-17(12-23)22(3)18-11-15(2)19-13-20-18/h4-6,11,13,17H,7-10,12H2,1-3H3. The molecule has 0 bridgehead atoms. The Morgan fingerprint density at radius 3 is 2.87 bits per heavy atom. The molecule has 1 unspecified atom stereocenters. The first-order valence-electron chi connectivity index (χ1n) is 8.28. The number of rotatable bonds is 5. The van der Waals surface area contributed by atoms with Gasteiger partial charge in [0.25, 0.3) is 0 Å². The highest BCUT2D eigenvalue weighted by Gasteiger charge is 2.26. The van der Waals surface area contributed by atoms with Crippen LogP contribution in [0.3, 0.4) is 0 Å². The number of pyridine rings is 1. The molecule has 1 saturated heterocycles. The Kier molecular flexibility index (Phi) is 4.86. The monoisotopic (exact) mass is 311 g/mol. The Morgan fingerprint density at radius 1 is 1.22 bits per heavy atom. The van der Waals surface area contributed by atoms with Crippen molar-refractivity contribution in [1.29, 1.82) is 0 Å². The van der Waals surface area contributed by atoms with Gasteiger partial charge in [0.1, 0.15) is 12.1 Å². The molecule has 1 aliphatic heterocycles. The van der Waals surface area contributed by atoms with E-state index in [2.05, 4.69) is 50.0 Å². The lowest BCUT2D eigenvalue weighted by Gasteiger charge is -2.26. The molecule has 23 heavy (non-hydrogen) atoms. The van der Waals surface area contributed by atoms with Crippen molar-refractivity contribution in [3.63, 3.8) is 0 Å². The smallest absolute Gasteiger partial charge is 0.132 e. The fourth-order valence-electron chi connectivity index (χ4n) is 3.16. The highest BCUT2D eigenvalue weighted by atomic mass is 15.3. The van der Waals surface area contributed by atoms with Crippen LogP contribution in [0.1, 0.15) is 23.5 Å². The number of hydrogen-bond donors (Lipinski definition) is 0. The largest absolute Gasteiger partial charge is 0.355 e. The second kappa shape index (κ2) is 7.04. The van der Waals surface area contributed by atoms with E-state index in [-0.39, 0.29) is 0 Å². The van der Waals surface area contributed by atoms with Crippen LogP contribution in [0.2, 0.25) is 0 Å². The molecule has 5 heteroatoms. The van der Waals surface area contributed by atoms with Gasteiger partial charge < -0.3 is 9.80 Å². The fraction of sp³-hybridized carbons (Fsp3) is 0.500. The van der Waals surface area contributed by atoms with Crippen molar-refractivity contribution in [3.05, 3.63) is 47.7 Å².